The molecule has 0 saturated carbocycles. The van der Waals surface area contributed by atoms with Crippen LogP contribution in [0.15, 0.2) is 37.6 Å². The van der Waals surface area contributed by atoms with E-state index < -0.39 is 15.4 Å². The predicted octanol–water partition coefficient (Wildman–Crippen LogP) is 2.14. The van der Waals surface area contributed by atoms with Crippen molar-refractivity contribution in [3.63, 3.8) is 0 Å². The van der Waals surface area contributed by atoms with Crippen molar-refractivity contribution in [3.8, 4) is 0 Å². The lowest BCUT2D eigenvalue weighted by molar-refractivity contribution is 0.238. The van der Waals surface area contributed by atoms with Gasteiger partial charge in [0, 0.05) is 42.9 Å². The van der Waals surface area contributed by atoms with Crippen LogP contribution in [0.1, 0.15) is 16.8 Å². The van der Waals surface area contributed by atoms with Crippen molar-refractivity contribution in [2.75, 3.05) is 12.8 Å². The van der Waals surface area contributed by atoms with Gasteiger partial charge in [-0.3, -0.25) is 19.5 Å². The van der Waals surface area contributed by atoms with Gasteiger partial charge < -0.3 is 4.42 Å². The molecule has 0 fully saturated rings. The smallest absolute Gasteiger partial charge is 0.256 e. The van der Waals surface area contributed by atoms with Crippen LogP contribution in [0, 0.1) is 0 Å². The van der Waals surface area contributed by atoms with Crippen LogP contribution in [0.5, 0.6) is 0 Å². The lowest BCUT2D eigenvalue weighted by atomic mass is 10.1. The molecule has 0 amide bonds. The molecule has 152 valence electrons. The van der Waals surface area contributed by atoms with E-state index in [0.29, 0.717) is 34.8 Å². The van der Waals surface area contributed by atoms with Crippen LogP contribution in [0.2, 0.25) is 10.0 Å². The molecular formula is C18H15Cl2N3O5S. The van der Waals surface area contributed by atoms with Crippen molar-refractivity contribution in [2.45, 2.75) is 24.7 Å². The third-order valence-corrected chi connectivity index (χ3v) is 6.13. The van der Waals surface area contributed by atoms with Gasteiger partial charge in [0.25, 0.3) is 5.56 Å². The van der Waals surface area contributed by atoms with Crippen molar-refractivity contribution in [3.05, 3.63) is 65.8 Å². The van der Waals surface area contributed by atoms with Gasteiger partial charge >= 0.3 is 0 Å². The van der Waals surface area contributed by atoms with E-state index in [2.05, 4.69) is 9.97 Å². The number of aromatic amines is 1. The Morgan fingerprint density at radius 3 is 2.76 bits per heavy atom. The van der Waals surface area contributed by atoms with Gasteiger partial charge in [-0.1, -0.05) is 23.2 Å². The van der Waals surface area contributed by atoms with Crippen molar-refractivity contribution in [1.29, 1.82) is 0 Å². The Morgan fingerprint density at radius 1 is 1.28 bits per heavy atom. The van der Waals surface area contributed by atoms with E-state index in [1.807, 2.05) is 4.90 Å². The molecule has 29 heavy (non-hydrogen) atoms. The van der Waals surface area contributed by atoms with Gasteiger partial charge in [0.05, 0.1) is 27.9 Å². The highest BCUT2D eigenvalue weighted by Gasteiger charge is 2.24. The number of hydrogen-bond donors (Lipinski definition) is 1. The number of nitrogens with one attached hydrogen (secondary N) is 1. The number of aromatic nitrogens is 2. The van der Waals surface area contributed by atoms with Crippen molar-refractivity contribution >= 4 is 44.0 Å². The Morgan fingerprint density at radius 2 is 2.03 bits per heavy atom. The Balaban J connectivity index is 1.66. The second kappa shape index (κ2) is 7.24. The van der Waals surface area contributed by atoms with Crippen LogP contribution in [-0.4, -0.2) is 36.1 Å². The standard InChI is InChI=1S/C18H15Cl2N3O5S/c1-29(26,27)18-21-14-2-3-23(7-12(14)17(25)22-18)6-9-8-28-16-11(15(9)24)4-10(19)5-13(16)20/h4-5,8H,2-3,6-7H2,1H3,(H,21,22,25). The minimum absolute atomic E-state index is 0.232. The molecule has 1 aromatic carbocycles. The zero-order chi connectivity index (χ0) is 20.9. The molecule has 4 rings (SSSR count). The van der Waals surface area contributed by atoms with E-state index in [4.69, 9.17) is 27.6 Å². The van der Waals surface area contributed by atoms with Crippen molar-refractivity contribution < 1.29 is 12.8 Å². The summed E-state index contributed by atoms with van der Waals surface area (Å²) in [6.07, 6.45) is 2.73. The molecule has 1 N–H and O–H groups in total. The van der Waals surface area contributed by atoms with Crippen LogP contribution in [0.4, 0.5) is 0 Å². The van der Waals surface area contributed by atoms with Gasteiger partial charge in [-0.2, -0.15) is 0 Å². The summed E-state index contributed by atoms with van der Waals surface area (Å²) in [5, 5.41) is 0.536. The van der Waals surface area contributed by atoms with Gasteiger partial charge in [-0.05, 0) is 12.1 Å². The third kappa shape index (κ3) is 3.83. The average molecular weight is 456 g/mol. The maximum Gasteiger partial charge on any atom is 0.256 e. The summed E-state index contributed by atoms with van der Waals surface area (Å²) >= 11 is 12.1. The van der Waals surface area contributed by atoms with Crippen LogP contribution >= 0.6 is 23.2 Å². The quantitative estimate of drug-likeness (QED) is 0.601. The fraction of sp³-hybridized carbons (Fsp3) is 0.278. The summed E-state index contributed by atoms with van der Waals surface area (Å²) in [6.45, 7) is 0.977. The zero-order valence-corrected chi connectivity index (χ0v) is 17.5. The number of rotatable bonds is 3. The van der Waals surface area contributed by atoms with E-state index in [9.17, 15) is 18.0 Å². The highest BCUT2D eigenvalue weighted by molar-refractivity contribution is 7.90. The molecule has 0 radical (unpaired) electrons. The van der Waals surface area contributed by atoms with Crippen LogP contribution in [0.25, 0.3) is 11.0 Å². The number of hydrogen-bond acceptors (Lipinski definition) is 7. The number of nitrogens with zero attached hydrogens (tertiary/aromatic N) is 2. The SMILES string of the molecule is CS(=O)(=O)c1nc2c(c(=O)[nH]1)CN(Cc1coc3c(Cl)cc(Cl)cc3c1=O)CC2. The number of halogens is 2. The van der Waals surface area contributed by atoms with Gasteiger partial charge in [-0.15, -0.1) is 0 Å². The minimum atomic E-state index is -3.61. The molecule has 3 aromatic rings. The molecule has 0 atom stereocenters. The van der Waals surface area contributed by atoms with Crippen molar-refractivity contribution in [2.24, 2.45) is 0 Å². The van der Waals surface area contributed by atoms with Crippen molar-refractivity contribution in [1.82, 2.24) is 14.9 Å². The van der Waals surface area contributed by atoms with E-state index in [0.717, 1.165) is 6.26 Å². The fourth-order valence-corrected chi connectivity index (χ4v) is 4.42. The highest BCUT2D eigenvalue weighted by atomic mass is 35.5. The van der Waals surface area contributed by atoms with E-state index in [-0.39, 0.29) is 39.7 Å². The number of fused-ring (bicyclic) bond motifs is 2. The van der Waals surface area contributed by atoms with E-state index in [1.54, 1.807) is 0 Å². The number of H-pyrrole nitrogens is 1. The predicted molar refractivity (Wildman–Crippen MR) is 108 cm³/mol. The van der Waals surface area contributed by atoms with Gasteiger partial charge in [-0.25, -0.2) is 13.4 Å². The van der Waals surface area contributed by atoms with Crippen LogP contribution < -0.4 is 11.0 Å². The summed E-state index contributed by atoms with van der Waals surface area (Å²) in [4.78, 5) is 33.5. The summed E-state index contributed by atoms with van der Waals surface area (Å²) in [5.41, 5.74) is 0.763. The Hall–Kier alpha value is -2.20. The lowest BCUT2D eigenvalue weighted by Gasteiger charge is -2.27. The first-order valence-corrected chi connectivity index (χ1v) is 11.2. The fourth-order valence-electron chi connectivity index (χ4n) is 3.32. The molecule has 1 aliphatic heterocycles. The first kappa shape index (κ1) is 20.1. The second-order valence-corrected chi connectivity index (χ2v) is 9.66. The Bertz CT molecular complexity index is 1360. The summed E-state index contributed by atoms with van der Waals surface area (Å²) in [5.74, 6) is 0. The summed E-state index contributed by atoms with van der Waals surface area (Å²) in [7, 11) is -3.61. The molecule has 3 heterocycles. The normalized spacial score (nSPS) is 14.9. The van der Waals surface area contributed by atoms with Gasteiger partial charge in [0.2, 0.25) is 15.0 Å². The van der Waals surface area contributed by atoms with E-state index >= 15 is 0 Å². The van der Waals surface area contributed by atoms with Gasteiger partial charge in [0.1, 0.15) is 0 Å². The maximum absolute atomic E-state index is 12.8. The summed E-state index contributed by atoms with van der Waals surface area (Å²) in [6, 6.07) is 3.00. The molecule has 0 aliphatic carbocycles. The van der Waals surface area contributed by atoms with Crippen LogP contribution in [0.3, 0.4) is 0 Å². The molecule has 0 unspecified atom stereocenters. The third-order valence-electron chi connectivity index (χ3n) is 4.73. The number of benzene rings is 1. The minimum Gasteiger partial charge on any atom is -0.462 e. The number of sulfone groups is 1. The zero-order valence-electron chi connectivity index (χ0n) is 15.2. The first-order chi connectivity index (χ1) is 13.6. The van der Waals surface area contributed by atoms with E-state index in [1.165, 1.54) is 18.4 Å². The van der Waals surface area contributed by atoms with Gasteiger partial charge in [0.15, 0.2) is 11.0 Å². The molecule has 0 bridgehead atoms. The molecule has 0 saturated heterocycles. The largest absolute Gasteiger partial charge is 0.462 e. The molecule has 2 aromatic heterocycles. The maximum atomic E-state index is 12.8. The average Bonchev–Trinajstić information content (AvgIpc) is 2.64. The highest BCUT2D eigenvalue weighted by Crippen LogP contribution is 2.26. The monoisotopic (exact) mass is 455 g/mol. The molecular weight excluding hydrogens is 441 g/mol. The molecule has 11 heteroatoms. The lowest BCUT2D eigenvalue weighted by Crippen LogP contribution is -2.37. The Labute approximate surface area is 175 Å². The first-order valence-electron chi connectivity index (χ1n) is 8.57. The van der Waals surface area contributed by atoms with Crippen LogP contribution in [-0.2, 0) is 29.3 Å². The topological polar surface area (TPSA) is 113 Å². The summed E-state index contributed by atoms with van der Waals surface area (Å²) < 4.78 is 28.9. The Kier molecular flexibility index (Phi) is 5.02. The molecule has 1 aliphatic rings. The molecule has 8 nitrogen and oxygen atoms in total. The second-order valence-electron chi connectivity index (χ2n) is 6.88. The molecule has 0 spiro atoms.